The summed E-state index contributed by atoms with van der Waals surface area (Å²) in [5.74, 6) is 0.833. The molecule has 1 N–H and O–H groups in total. The summed E-state index contributed by atoms with van der Waals surface area (Å²) in [6.45, 7) is 4.27. The van der Waals surface area contributed by atoms with E-state index in [0.717, 1.165) is 13.1 Å². The topological polar surface area (TPSA) is 12.0 Å². The molecule has 0 saturated carbocycles. The fraction of sp³-hybridized carbons (Fsp3) is 0.368. The number of benzene rings is 2. The molecule has 1 heterocycles. The zero-order valence-corrected chi connectivity index (χ0v) is 12.5. The summed E-state index contributed by atoms with van der Waals surface area (Å²) in [5, 5.41) is 3.43. The normalized spacial score (nSPS) is 17.6. The highest BCUT2D eigenvalue weighted by molar-refractivity contribution is 5.35. The standard InChI is InChI=1S/C19H22FN/c1-14-2-4-15(5-3-14)19(17-10-12-21-13-11-17)16-6-8-18(20)9-7-16/h2-9,17,19,21H,10-13H2,1H3. The Morgan fingerprint density at radius 1 is 0.905 bits per heavy atom. The first-order chi connectivity index (χ1) is 10.2. The number of rotatable bonds is 3. The molecular weight excluding hydrogens is 261 g/mol. The Labute approximate surface area is 126 Å². The summed E-state index contributed by atoms with van der Waals surface area (Å²) in [5.41, 5.74) is 3.85. The van der Waals surface area contributed by atoms with E-state index in [-0.39, 0.29) is 5.82 Å². The molecule has 2 heteroatoms. The summed E-state index contributed by atoms with van der Waals surface area (Å²) in [6, 6.07) is 15.9. The lowest BCUT2D eigenvalue weighted by Crippen LogP contribution is -2.31. The van der Waals surface area contributed by atoms with Gasteiger partial charge >= 0.3 is 0 Å². The molecule has 1 aliphatic heterocycles. The fourth-order valence-corrected chi connectivity index (χ4v) is 3.36. The van der Waals surface area contributed by atoms with Gasteiger partial charge in [-0.05, 0) is 62.0 Å². The number of piperidine rings is 1. The Morgan fingerprint density at radius 2 is 1.43 bits per heavy atom. The first kappa shape index (κ1) is 14.3. The van der Waals surface area contributed by atoms with E-state index in [1.807, 2.05) is 12.1 Å². The molecule has 110 valence electrons. The van der Waals surface area contributed by atoms with Crippen LogP contribution in [-0.4, -0.2) is 13.1 Å². The Morgan fingerprint density at radius 3 is 2.00 bits per heavy atom. The zero-order chi connectivity index (χ0) is 14.7. The zero-order valence-electron chi connectivity index (χ0n) is 12.5. The SMILES string of the molecule is Cc1ccc(C(c2ccc(F)cc2)C2CCNCC2)cc1. The van der Waals surface area contributed by atoms with Gasteiger partial charge in [0.2, 0.25) is 0 Å². The molecule has 0 bridgehead atoms. The van der Waals surface area contributed by atoms with Gasteiger partial charge in [0.15, 0.2) is 0 Å². The highest BCUT2D eigenvalue weighted by atomic mass is 19.1. The molecule has 2 aromatic rings. The van der Waals surface area contributed by atoms with E-state index in [2.05, 4.69) is 36.5 Å². The van der Waals surface area contributed by atoms with Crippen LogP contribution < -0.4 is 5.32 Å². The Hall–Kier alpha value is -1.67. The van der Waals surface area contributed by atoms with E-state index in [4.69, 9.17) is 0 Å². The first-order valence-electron chi connectivity index (χ1n) is 7.77. The van der Waals surface area contributed by atoms with Crippen molar-refractivity contribution in [1.82, 2.24) is 5.32 Å². The van der Waals surface area contributed by atoms with Crippen LogP contribution in [0.1, 0.15) is 35.4 Å². The number of hydrogen-bond donors (Lipinski definition) is 1. The second-order valence-corrected chi connectivity index (χ2v) is 6.03. The molecular formula is C19H22FN. The predicted octanol–water partition coefficient (Wildman–Crippen LogP) is 4.27. The van der Waals surface area contributed by atoms with Crippen molar-refractivity contribution in [3.05, 3.63) is 71.0 Å². The summed E-state index contributed by atoms with van der Waals surface area (Å²) in [6.07, 6.45) is 2.35. The van der Waals surface area contributed by atoms with Gasteiger partial charge in [0.05, 0.1) is 0 Å². The van der Waals surface area contributed by atoms with Crippen LogP contribution in [0.5, 0.6) is 0 Å². The molecule has 3 rings (SSSR count). The lowest BCUT2D eigenvalue weighted by molar-refractivity contribution is 0.342. The van der Waals surface area contributed by atoms with Crippen LogP contribution in [0.25, 0.3) is 0 Å². The maximum Gasteiger partial charge on any atom is 0.123 e. The van der Waals surface area contributed by atoms with Gasteiger partial charge in [0, 0.05) is 5.92 Å². The van der Waals surface area contributed by atoms with Gasteiger partial charge in [-0.2, -0.15) is 0 Å². The molecule has 0 aliphatic carbocycles. The second-order valence-electron chi connectivity index (χ2n) is 6.03. The van der Waals surface area contributed by atoms with E-state index in [1.54, 1.807) is 12.1 Å². The molecule has 1 atom stereocenters. The van der Waals surface area contributed by atoms with Gasteiger partial charge in [-0.25, -0.2) is 4.39 Å². The maximum atomic E-state index is 13.2. The summed E-state index contributed by atoms with van der Waals surface area (Å²) >= 11 is 0. The lowest BCUT2D eigenvalue weighted by Gasteiger charge is -2.31. The van der Waals surface area contributed by atoms with Crippen molar-refractivity contribution in [3.8, 4) is 0 Å². The molecule has 1 fully saturated rings. The largest absolute Gasteiger partial charge is 0.317 e. The van der Waals surface area contributed by atoms with Crippen molar-refractivity contribution in [3.63, 3.8) is 0 Å². The van der Waals surface area contributed by atoms with E-state index >= 15 is 0 Å². The van der Waals surface area contributed by atoms with Crippen LogP contribution in [0.15, 0.2) is 48.5 Å². The van der Waals surface area contributed by atoms with Crippen molar-refractivity contribution in [2.45, 2.75) is 25.7 Å². The maximum absolute atomic E-state index is 13.2. The monoisotopic (exact) mass is 283 g/mol. The van der Waals surface area contributed by atoms with E-state index < -0.39 is 0 Å². The minimum atomic E-state index is -0.160. The van der Waals surface area contributed by atoms with Crippen LogP contribution >= 0.6 is 0 Å². The highest BCUT2D eigenvalue weighted by Crippen LogP contribution is 2.36. The molecule has 21 heavy (non-hydrogen) atoms. The van der Waals surface area contributed by atoms with Crippen LogP contribution in [0, 0.1) is 18.7 Å². The molecule has 0 aromatic heterocycles. The van der Waals surface area contributed by atoms with E-state index in [0.29, 0.717) is 11.8 Å². The molecule has 1 nitrogen and oxygen atoms in total. The summed E-state index contributed by atoms with van der Waals surface area (Å²) in [4.78, 5) is 0. The second kappa shape index (κ2) is 6.40. The van der Waals surface area contributed by atoms with Crippen LogP contribution in [0.4, 0.5) is 4.39 Å². The van der Waals surface area contributed by atoms with Gasteiger partial charge in [0.25, 0.3) is 0 Å². The Kier molecular flexibility index (Phi) is 4.35. The lowest BCUT2D eigenvalue weighted by atomic mass is 9.76. The minimum Gasteiger partial charge on any atom is -0.317 e. The molecule has 1 aliphatic rings. The van der Waals surface area contributed by atoms with Crippen molar-refractivity contribution in [2.75, 3.05) is 13.1 Å². The van der Waals surface area contributed by atoms with Crippen LogP contribution in [0.2, 0.25) is 0 Å². The quantitative estimate of drug-likeness (QED) is 0.887. The number of nitrogens with one attached hydrogen (secondary N) is 1. The van der Waals surface area contributed by atoms with Gasteiger partial charge < -0.3 is 5.32 Å². The van der Waals surface area contributed by atoms with Gasteiger partial charge in [-0.3, -0.25) is 0 Å². The average Bonchev–Trinajstić information content (AvgIpc) is 2.52. The molecule has 2 aromatic carbocycles. The molecule has 0 spiro atoms. The highest BCUT2D eigenvalue weighted by Gasteiger charge is 2.26. The van der Waals surface area contributed by atoms with Crippen molar-refractivity contribution < 1.29 is 4.39 Å². The van der Waals surface area contributed by atoms with Gasteiger partial charge in [0.1, 0.15) is 5.82 Å². The molecule has 0 radical (unpaired) electrons. The van der Waals surface area contributed by atoms with Crippen LogP contribution in [0.3, 0.4) is 0 Å². The fourth-order valence-electron chi connectivity index (χ4n) is 3.36. The third-order valence-corrected chi connectivity index (χ3v) is 4.52. The number of hydrogen-bond acceptors (Lipinski definition) is 1. The smallest absolute Gasteiger partial charge is 0.123 e. The Balaban J connectivity index is 1.97. The van der Waals surface area contributed by atoms with E-state index in [1.165, 1.54) is 29.5 Å². The molecule has 0 amide bonds. The van der Waals surface area contributed by atoms with Gasteiger partial charge in [-0.1, -0.05) is 42.0 Å². The third-order valence-electron chi connectivity index (χ3n) is 4.52. The van der Waals surface area contributed by atoms with Crippen molar-refractivity contribution in [1.29, 1.82) is 0 Å². The van der Waals surface area contributed by atoms with E-state index in [9.17, 15) is 4.39 Å². The number of halogens is 1. The summed E-state index contributed by atoms with van der Waals surface area (Å²) < 4.78 is 13.2. The summed E-state index contributed by atoms with van der Waals surface area (Å²) in [7, 11) is 0. The van der Waals surface area contributed by atoms with Gasteiger partial charge in [-0.15, -0.1) is 0 Å². The first-order valence-corrected chi connectivity index (χ1v) is 7.77. The molecule has 1 unspecified atom stereocenters. The van der Waals surface area contributed by atoms with Crippen molar-refractivity contribution >= 4 is 0 Å². The van der Waals surface area contributed by atoms with Crippen molar-refractivity contribution in [2.24, 2.45) is 5.92 Å². The Bertz CT molecular complexity index is 522. The third kappa shape index (κ3) is 3.33. The van der Waals surface area contributed by atoms with Crippen LogP contribution in [-0.2, 0) is 0 Å². The average molecular weight is 283 g/mol. The number of aryl methyl sites for hydroxylation is 1. The predicted molar refractivity (Wildman–Crippen MR) is 85.0 cm³/mol. The minimum absolute atomic E-state index is 0.160. The molecule has 1 saturated heterocycles.